The van der Waals surface area contributed by atoms with Gasteiger partial charge in [0.1, 0.15) is 5.82 Å². The van der Waals surface area contributed by atoms with Gasteiger partial charge in [-0.1, -0.05) is 26.0 Å². The third kappa shape index (κ3) is 3.44. The molecule has 3 N–H and O–H groups in total. The number of phenols is 1. The van der Waals surface area contributed by atoms with Crippen LogP contribution >= 0.6 is 0 Å². The second-order valence-electron chi connectivity index (χ2n) is 8.61. The molecule has 0 amide bonds. The number of nitrogens with zero attached hydrogens (tertiary/aromatic N) is 2. The lowest BCUT2D eigenvalue weighted by atomic mass is 9.66. The summed E-state index contributed by atoms with van der Waals surface area (Å²) in [7, 11) is 0. The number of aromatic hydroxyl groups is 1. The van der Waals surface area contributed by atoms with E-state index < -0.39 is 41.7 Å². The SMILES string of the molecule is Cc1ncc2c(N[C@H]3c4ccc(F)c(O)c4C(C(C)C)CC3(O)C(F)(F)F)cccc2n1. The van der Waals surface area contributed by atoms with E-state index in [1.54, 1.807) is 39.0 Å². The largest absolute Gasteiger partial charge is 0.505 e. The van der Waals surface area contributed by atoms with Crippen LogP contribution in [-0.2, 0) is 0 Å². The van der Waals surface area contributed by atoms with Gasteiger partial charge in [-0.25, -0.2) is 14.4 Å². The predicted octanol–water partition coefficient (Wildman–Crippen LogP) is 5.37. The second kappa shape index (κ2) is 7.58. The van der Waals surface area contributed by atoms with Gasteiger partial charge in [0.15, 0.2) is 17.2 Å². The molecule has 0 bridgehead atoms. The third-order valence-electron chi connectivity index (χ3n) is 6.23. The zero-order valence-electron chi connectivity index (χ0n) is 17.7. The van der Waals surface area contributed by atoms with Crippen LogP contribution in [0.5, 0.6) is 5.75 Å². The first-order valence-electron chi connectivity index (χ1n) is 10.2. The van der Waals surface area contributed by atoms with Crippen molar-refractivity contribution in [2.45, 2.75) is 50.9 Å². The Morgan fingerprint density at radius 1 is 1.19 bits per heavy atom. The van der Waals surface area contributed by atoms with E-state index in [-0.39, 0.29) is 22.7 Å². The van der Waals surface area contributed by atoms with Crippen LogP contribution in [0.25, 0.3) is 10.9 Å². The van der Waals surface area contributed by atoms with Gasteiger partial charge in [-0.3, -0.25) is 0 Å². The molecule has 3 aromatic rings. The van der Waals surface area contributed by atoms with Crippen molar-refractivity contribution < 1.29 is 27.8 Å². The van der Waals surface area contributed by atoms with Crippen molar-refractivity contribution in [3.8, 4) is 5.75 Å². The lowest BCUT2D eigenvalue weighted by Gasteiger charge is -2.47. The Morgan fingerprint density at radius 2 is 1.91 bits per heavy atom. The summed E-state index contributed by atoms with van der Waals surface area (Å²) in [5.74, 6) is -2.38. The number of anilines is 1. The zero-order valence-corrected chi connectivity index (χ0v) is 17.7. The summed E-state index contributed by atoms with van der Waals surface area (Å²) in [5, 5.41) is 24.8. The summed E-state index contributed by atoms with van der Waals surface area (Å²) in [6, 6.07) is 5.32. The number of hydrogen-bond acceptors (Lipinski definition) is 5. The molecule has 2 aromatic carbocycles. The van der Waals surface area contributed by atoms with Gasteiger partial charge in [0.05, 0.1) is 11.6 Å². The maximum atomic E-state index is 14.3. The number of halogens is 4. The van der Waals surface area contributed by atoms with Gasteiger partial charge < -0.3 is 15.5 Å². The predicted molar refractivity (Wildman–Crippen MR) is 112 cm³/mol. The normalized spacial score (nSPS) is 23.4. The van der Waals surface area contributed by atoms with Gasteiger partial charge in [-0.2, -0.15) is 13.2 Å². The Labute approximate surface area is 182 Å². The highest BCUT2D eigenvalue weighted by Crippen LogP contribution is 2.56. The number of rotatable bonds is 3. The summed E-state index contributed by atoms with van der Waals surface area (Å²) in [6.45, 7) is 5.05. The number of phenolic OH excluding ortho intramolecular Hbond substituents is 1. The van der Waals surface area contributed by atoms with Gasteiger partial charge in [-0.05, 0) is 48.9 Å². The van der Waals surface area contributed by atoms with E-state index in [9.17, 15) is 27.8 Å². The van der Waals surface area contributed by atoms with Crippen LogP contribution < -0.4 is 5.32 Å². The van der Waals surface area contributed by atoms with Gasteiger partial charge >= 0.3 is 6.18 Å². The Kier molecular flexibility index (Phi) is 5.27. The monoisotopic (exact) mass is 449 g/mol. The number of benzene rings is 2. The van der Waals surface area contributed by atoms with Crippen molar-refractivity contribution in [3.63, 3.8) is 0 Å². The number of aromatic nitrogens is 2. The summed E-state index contributed by atoms with van der Waals surface area (Å²) >= 11 is 0. The lowest BCUT2D eigenvalue weighted by molar-refractivity contribution is -0.273. The van der Waals surface area contributed by atoms with Gasteiger partial charge in [0.25, 0.3) is 0 Å². The first-order valence-corrected chi connectivity index (χ1v) is 10.2. The van der Waals surface area contributed by atoms with Crippen LogP contribution in [0.2, 0.25) is 0 Å². The summed E-state index contributed by atoms with van der Waals surface area (Å²) in [4.78, 5) is 8.42. The molecule has 4 rings (SSSR count). The van der Waals surface area contributed by atoms with E-state index in [0.29, 0.717) is 16.7 Å². The summed E-state index contributed by atoms with van der Waals surface area (Å²) < 4.78 is 57.1. The van der Waals surface area contributed by atoms with E-state index in [2.05, 4.69) is 15.3 Å². The van der Waals surface area contributed by atoms with Crippen molar-refractivity contribution in [2.24, 2.45) is 5.92 Å². The Hall–Kier alpha value is -2.94. The van der Waals surface area contributed by atoms with Crippen molar-refractivity contribution in [2.75, 3.05) is 5.32 Å². The van der Waals surface area contributed by atoms with Crippen LogP contribution in [0, 0.1) is 18.7 Å². The quantitative estimate of drug-likeness (QED) is 0.469. The number of nitrogens with one attached hydrogen (secondary N) is 1. The molecule has 1 aromatic heterocycles. The first kappa shape index (κ1) is 22.3. The highest BCUT2D eigenvalue weighted by Gasteiger charge is 2.63. The average molecular weight is 449 g/mol. The number of alkyl halides is 3. The minimum Gasteiger partial charge on any atom is -0.505 e. The fourth-order valence-electron chi connectivity index (χ4n) is 4.53. The minimum atomic E-state index is -4.99. The number of aliphatic hydroxyl groups is 1. The van der Waals surface area contributed by atoms with E-state index in [4.69, 9.17) is 0 Å². The molecular formula is C23H23F4N3O2. The molecule has 3 atom stereocenters. The molecule has 32 heavy (non-hydrogen) atoms. The van der Waals surface area contributed by atoms with Gasteiger partial charge in [0, 0.05) is 22.8 Å². The van der Waals surface area contributed by atoms with Crippen LogP contribution in [0.4, 0.5) is 23.2 Å². The van der Waals surface area contributed by atoms with Crippen LogP contribution in [0.3, 0.4) is 0 Å². The molecule has 9 heteroatoms. The maximum Gasteiger partial charge on any atom is 0.419 e. The average Bonchev–Trinajstić information content (AvgIpc) is 2.71. The smallest absolute Gasteiger partial charge is 0.419 e. The molecule has 0 radical (unpaired) electrons. The van der Waals surface area contributed by atoms with E-state index in [1.807, 2.05) is 0 Å². The van der Waals surface area contributed by atoms with Crippen LogP contribution in [0.1, 0.15) is 49.2 Å². The molecule has 5 nitrogen and oxygen atoms in total. The molecule has 170 valence electrons. The Bertz CT molecular complexity index is 1180. The van der Waals surface area contributed by atoms with E-state index in [0.717, 1.165) is 6.07 Å². The Morgan fingerprint density at radius 3 is 2.56 bits per heavy atom. The van der Waals surface area contributed by atoms with E-state index >= 15 is 0 Å². The van der Waals surface area contributed by atoms with Crippen molar-refractivity contribution in [3.05, 3.63) is 59.3 Å². The topological polar surface area (TPSA) is 78.3 Å². The van der Waals surface area contributed by atoms with Crippen molar-refractivity contribution >= 4 is 16.6 Å². The standard InChI is InChI=1S/C23H23F4N3O2/c1-11(2)14-9-22(32,23(25,26)27)21(13-7-8-16(24)20(31)19(13)14)30-18-6-4-5-17-15(18)10-28-12(3)29-17/h4-8,10-11,14,21,30-32H,9H2,1-3H3/t14?,21-,22?/m0/s1. The highest BCUT2D eigenvalue weighted by atomic mass is 19.4. The molecule has 0 saturated heterocycles. The van der Waals surface area contributed by atoms with Crippen molar-refractivity contribution in [1.82, 2.24) is 9.97 Å². The van der Waals surface area contributed by atoms with Crippen LogP contribution in [0.15, 0.2) is 36.5 Å². The summed E-state index contributed by atoms with van der Waals surface area (Å²) in [6.07, 6.45) is -4.22. The Balaban J connectivity index is 1.94. The molecule has 2 unspecified atom stereocenters. The molecule has 1 aliphatic rings. The zero-order chi connectivity index (χ0) is 23.4. The lowest BCUT2D eigenvalue weighted by Crippen LogP contribution is -2.56. The van der Waals surface area contributed by atoms with E-state index in [1.165, 1.54) is 12.3 Å². The molecular weight excluding hydrogens is 426 g/mol. The number of aryl methyl sites for hydroxylation is 1. The van der Waals surface area contributed by atoms with Gasteiger partial charge in [0.2, 0.25) is 0 Å². The summed E-state index contributed by atoms with van der Waals surface area (Å²) in [5.41, 5.74) is -2.27. The third-order valence-corrected chi connectivity index (χ3v) is 6.23. The number of hydrogen-bond donors (Lipinski definition) is 3. The second-order valence-corrected chi connectivity index (χ2v) is 8.61. The van der Waals surface area contributed by atoms with Crippen molar-refractivity contribution in [1.29, 1.82) is 0 Å². The molecule has 1 heterocycles. The van der Waals surface area contributed by atoms with Gasteiger partial charge in [-0.15, -0.1) is 0 Å². The molecule has 1 aliphatic carbocycles. The molecule has 0 fully saturated rings. The highest BCUT2D eigenvalue weighted by molar-refractivity contribution is 5.91. The first-order chi connectivity index (χ1) is 14.9. The number of fused-ring (bicyclic) bond motifs is 2. The molecule has 0 aliphatic heterocycles. The van der Waals surface area contributed by atoms with Crippen LogP contribution in [-0.4, -0.2) is 32.0 Å². The maximum absolute atomic E-state index is 14.3. The molecule has 0 spiro atoms. The minimum absolute atomic E-state index is 0.00120. The fourth-order valence-corrected chi connectivity index (χ4v) is 4.53. The fraction of sp³-hybridized carbons (Fsp3) is 0.391. The molecule has 0 saturated carbocycles.